The Morgan fingerprint density at radius 1 is 1.00 bits per heavy atom. The summed E-state index contributed by atoms with van der Waals surface area (Å²) in [5.41, 5.74) is 4.69. The lowest BCUT2D eigenvalue weighted by molar-refractivity contribution is -0.122. The minimum Gasteiger partial charge on any atom is -0.329 e. The minimum absolute atomic E-state index is 0.00603. The molecular weight excluding hydrogens is 346 g/mol. The number of carbonyl (C=O) groups excluding carboxylic acids is 2. The van der Waals surface area contributed by atoms with Crippen molar-refractivity contribution < 1.29 is 9.59 Å². The summed E-state index contributed by atoms with van der Waals surface area (Å²) in [4.78, 5) is 25.4. The highest BCUT2D eigenvalue weighted by Crippen LogP contribution is 2.43. The second-order valence-corrected chi connectivity index (χ2v) is 7.57. The van der Waals surface area contributed by atoms with E-state index in [1.807, 2.05) is 49.4 Å². The number of benzene rings is 2. The maximum Gasteiger partial charge on any atom is 0.225 e. The average Bonchev–Trinajstić information content (AvgIpc) is 2.61. The number of rotatable bonds is 2. The molecule has 1 heterocycles. The van der Waals surface area contributed by atoms with Crippen molar-refractivity contribution in [1.29, 1.82) is 0 Å². The molecule has 0 radical (unpaired) electrons. The van der Waals surface area contributed by atoms with Crippen LogP contribution in [0.3, 0.4) is 0 Å². The second kappa shape index (κ2) is 6.73. The number of Topliss-reactive ketones (excluding diaryl/α,β-unsaturated/α-hetero) is 1. The lowest BCUT2D eigenvalue weighted by Gasteiger charge is -2.34. The maximum absolute atomic E-state index is 13.0. The van der Waals surface area contributed by atoms with E-state index >= 15 is 0 Å². The van der Waals surface area contributed by atoms with Crippen molar-refractivity contribution in [3.05, 3.63) is 81.5 Å². The number of aryl methyl sites for hydroxylation is 1. The van der Waals surface area contributed by atoms with Gasteiger partial charge in [-0.3, -0.25) is 9.59 Å². The van der Waals surface area contributed by atoms with Crippen molar-refractivity contribution >= 4 is 23.3 Å². The molecule has 2 aromatic carbocycles. The molecule has 1 N–H and O–H groups in total. The van der Waals surface area contributed by atoms with E-state index < -0.39 is 0 Å². The Morgan fingerprint density at radius 3 is 2.58 bits per heavy atom. The summed E-state index contributed by atoms with van der Waals surface area (Å²) in [5.74, 6) is -0.0598. The summed E-state index contributed by atoms with van der Waals surface area (Å²) in [6, 6.07) is 15.7. The van der Waals surface area contributed by atoms with Gasteiger partial charge in [-0.2, -0.15) is 0 Å². The summed E-state index contributed by atoms with van der Waals surface area (Å²) in [6.07, 6.45) is 1.39. The Labute approximate surface area is 158 Å². The summed E-state index contributed by atoms with van der Waals surface area (Å²) >= 11 is 6.34. The Balaban J connectivity index is 1.74. The maximum atomic E-state index is 13.0. The topological polar surface area (TPSA) is 46.2 Å². The smallest absolute Gasteiger partial charge is 0.225 e. The van der Waals surface area contributed by atoms with E-state index in [2.05, 4.69) is 11.4 Å². The molecule has 2 aromatic rings. The highest BCUT2D eigenvalue weighted by atomic mass is 35.5. The van der Waals surface area contributed by atoms with Crippen molar-refractivity contribution in [3.63, 3.8) is 0 Å². The number of hydrogen-bond acceptors (Lipinski definition) is 2. The third-order valence-electron chi connectivity index (χ3n) is 5.33. The van der Waals surface area contributed by atoms with Crippen LogP contribution in [0, 0.1) is 6.92 Å². The van der Waals surface area contributed by atoms with E-state index in [1.165, 1.54) is 0 Å². The van der Waals surface area contributed by atoms with Gasteiger partial charge in [0.05, 0.1) is 0 Å². The predicted octanol–water partition coefficient (Wildman–Crippen LogP) is 4.65. The highest BCUT2D eigenvalue weighted by Gasteiger charge is 2.38. The summed E-state index contributed by atoms with van der Waals surface area (Å²) in [6.45, 7) is 2.03. The zero-order chi connectivity index (χ0) is 18.3. The first-order valence-electron chi connectivity index (χ1n) is 8.90. The molecule has 4 rings (SSSR count). The quantitative estimate of drug-likeness (QED) is 0.841. The molecule has 1 aliphatic heterocycles. The summed E-state index contributed by atoms with van der Waals surface area (Å²) < 4.78 is 0. The standard InChI is InChI=1S/C22H20ClNO2/c1-13-5-4-6-14(9-13)17-12-21(26)24-19-10-15(11-20(25)22(17)19)16-7-2-3-8-18(16)23/h2-9,15,17H,10-12H2,1H3,(H,24,26). The fraction of sp³-hybridized carbons (Fsp3) is 0.273. The fourth-order valence-corrected chi connectivity index (χ4v) is 4.45. The monoisotopic (exact) mass is 365 g/mol. The zero-order valence-corrected chi connectivity index (χ0v) is 15.3. The van der Waals surface area contributed by atoms with Crippen molar-refractivity contribution in [2.24, 2.45) is 0 Å². The molecule has 2 aliphatic rings. The lowest BCUT2D eigenvalue weighted by atomic mass is 9.73. The Morgan fingerprint density at radius 2 is 1.81 bits per heavy atom. The van der Waals surface area contributed by atoms with Gasteiger partial charge in [0.25, 0.3) is 0 Å². The van der Waals surface area contributed by atoms with Gasteiger partial charge in [-0.05, 0) is 36.5 Å². The highest BCUT2D eigenvalue weighted by molar-refractivity contribution is 6.31. The molecule has 132 valence electrons. The van der Waals surface area contributed by atoms with E-state index in [4.69, 9.17) is 11.6 Å². The first-order chi connectivity index (χ1) is 12.5. The molecule has 1 aliphatic carbocycles. The van der Waals surface area contributed by atoms with E-state index in [-0.39, 0.29) is 23.5 Å². The van der Waals surface area contributed by atoms with Crippen molar-refractivity contribution in [1.82, 2.24) is 5.32 Å². The van der Waals surface area contributed by atoms with Gasteiger partial charge in [-0.25, -0.2) is 0 Å². The fourth-order valence-electron chi connectivity index (χ4n) is 4.16. The van der Waals surface area contributed by atoms with Crippen LogP contribution in [0.2, 0.25) is 5.02 Å². The molecule has 2 atom stereocenters. The van der Waals surface area contributed by atoms with Gasteiger partial charge in [0.2, 0.25) is 5.91 Å². The van der Waals surface area contributed by atoms with Crippen LogP contribution in [-0.4, -0.2) is 11.7 Å². The largest absolute Gasteiger partial charge is 0.329 e. The summed E-state index contributed by atoms with van der Waals surface area (Å²) in [7, 11) is 0. The number of carbonyl (C=O) groups is 2. The molecule has 0 saturated heterocycles. The van der Waals surface area contributed by atoms with Gasteiger partial charge in [0.1, 0.15) is 0 Å². The van der Waals surface area contributed by atoms with Crippen LogP contribution in [0.4, 0.5) is 0 Å². The van der Waals surface area contributed by atoms with Gasteiger partial charge in [-0.15, -0.1) is 0 Å². The normalized spacial score (nSPS) is 22.8. The molecule has 0 bridgehead atoms. The predicted molar refractivity (Wildman–Crippen MR) is 102 cm³/mol. The van der Waals surface area contributed by atoms with Crippen LogP contribution >= 0.6 is 11.6 Å². The lowest BCUT2D eigenvalue weighted by Crippen LogP contribution is -2.38. The van der Waals surface area contributed by atoms with Gasteiger partial charge >= 0.3 is 0 Å². The third kappa shape index (κ3) is 3.08. The van der Waals surface area contributed by atoms with E-state index in [0.29, 0.717) is 24.3 Å². The van der Waals surface area contributed by atoms with Crippen LogP contribution in [0.5, 0.6) is 0 Å². The van der Waals surface area contributed by atoms with Crippen LogP contribution < -0.4 is 5.32 Å². The number of allylic oxidation sites excluding steroid dienone is 2. The van der Waals surface area contributed by atoms with E-state index in [9.17, 15) is 9.59 Å². The molecular formula is C22H20ClNO2. The SMILES string of the molecule is Cc1cccc(C2CC(=O)NC3=C2C(=O)CC(c2ccccc2Cl)C3)c1. The van der Waals surface area contributed by atoms with Crippen LogP contribution in [0.15, 0.2) is 59.8 Å². The average molecular weight is 366 g/mol. The Bertz CT molecular complexity index is 931. The number of hydrogen-bond donors (Lipinski definition) is 1. The minimum atomic E-state index is -0.154. The van der Waals surface area contributed by atoms with Crippen LogP contribution in [-0.2, 0) is 9.59 Å². The number of amides is 1. The molecule has 26 heavy (non-hydrogen) atoms. The van der Waals surface area contributed by atoms with Gasteiger partial charge in [-0.1, -0.05) is 59.6 Å². The number of halogens is 1. The van der Waals surface area contributed by atoms with Crippen LogP contribution in [0.25, 0.3) is 0 Å². The van der Waals surface area contributed by atoms with Gasteiger partial charge < -0.3 is 5.32 Å². The van der Waals surface area contributed by atoms with Gasteiger partial charge in [0, 0.05) is 35.1 Å². The van der Waals surface area contributed by atoms with Crippen LogP contribution in [0.1, 0.15) is 47.8 Å². The van der Waals surface area contributed by atoms with Crippen molar-refractivity contribution in [3.8, 4) is 0 Å². The van der Waals surface area contributed by atoms with Crippen molar-refractivity contribution in [2.45, 2.75) is 38.0 Å². The second-order valence-electron chi connectivity index (χ2n) is 7.16. The molecule has 0 saturated carbocycles. The van der Waals surface area contributed by atoms with Crippen molar-refractivity contribution in [2.75, 3.05) is 0 Å². The molecule has 0 fully saturated rings. The molecule has 2 unspecified atom stereocenters. The zero-order valence-electron chi connectivity index (χ0n) is 14.6. The molecule has 3 nitrogen and oxygen atoms in total. The summed E-state index contributed by atoms with van der Waals surface area (Å²) in [5, 5.41) is 3.63. The Hall–Kier alpha value is -2.39. The molecule has 4 heteroatoms. The molecule has 0 spiro atoms. The third-order valence-corrected chi connectivity index (χ3v) is 5.67. The molecule has 1 amide bonds. The number of nitrogens with one attached hydrogen (secondary N) is 1. The van der Waals surface area contributed by atoms with E-state index in [0.717, 1.165) is 28.0 Å². The van der Waals surface area contributed by atoms with E-state index in [1.54, 1.807) is 0 Å². The van der Waals surface area contributed by atoms with Gasteiger partial charge in [0.15, 0.2) is 5.78 Å². The molecule has 0 aromatic heterocycles. The number of ketones is 1. The first kappa shape index (κ1) is 17.0. The first-order valence-corrected chi connectivity index (χ1v) is 9.28. The Kier molecular flexibility index (Phi) is 4.41.